The van der Waals surface area contributed by atoms with Gasteiger partial charge < -0.3 is 14.0 Å². The molecule has 0 aliphatic heterocycles. The van der Waals surface area contributed by atoms with Gasteiger partial charge in [0.15, 0.2) is 0 Å². The van der Waals surface area contributed by atoms with Crippen molar-refractivity contribution in [3.05, 3.63) is 53.6 Å². The van der Waals surface area contributed by atoms with Crippen LogP contribution in [0.4, 0.5) is 0 Å². The number of allylic oxidation sites excluding steroid dienone is 4. The largest absolute Gasteiger partial charge is 1.00 e. The molecule has 0 spiro atoms. The van der Waals surface area contributed by atoms with Crippen LogP contribution in [0.5, 0.6) is 0 Å². The predicted molar refractivity (Wildman–Crippen MR) is 168 cm³/mol. The predicted octanol–water partition coefficient (Wildman–Crippen LogP) is 6.08. The van der Waals surface area contributed by atoms with E-state index < -0.39 is 32.5 Å². The van der Waals surface area contributed by atoms with E-state index in [1.165, 1.54) is 82.8 Å². The molecule has 9 heteroatoms. The maximum Gasteiger partial charge on any atom is 1.00 e. The maximum atomic E-state index is 12.8. The molecule has 43 heavy (non-hydrogen) atoms. The van der Waals surface area contributed by atoms with Crippen molar-refractivity contribution in [1.29, 1.82) is 0 Å². The first-order chi connectivity index (χ1) is 20.3. The van der Waals surface area contributed by atoms with Crippen LogP contribution in [0.2, 0.25) is 0 Å². The Balaban J connectivity index is 0.0000176. The Labute approximate surface area is 283 Å². The summed E-state index contributed by atoms with van der Waals surface area (Å²) < 4.78 is 46.1. The monoisotopic (exact) mass is 628 g/mol. The molecule has 0 bridgehead atoms. The minimum atomic E-state index is -5.02. The van der Waals surface area contributed by atoms with Gasteiger partial charge >= 0.3 is 41.5 Å². The van der Waals surface area contributed by atoms with Crippen LogP contribution in [0, 0.1) is 0 Å². The zero-order valence-electron chi connectivity index (χ0n) is 26.9. The summed E-state index contributed by atoms with van der Waals surface area (Å²) in [5.74, 6) is -1.88. The zero-order chi connectivity index (χ0) is 30.9. The fraction of sp³-hybridized carbons (Fsp3) is 0.647. The smallest absolute Gasteiger partial charge is 0.744 e. The summed E-state index contributed by atoms with van der Waals surface area (Å²) in [7, 11) is -5.02. The molecule has 0 aromatic heterocycles. The number of hydrogen-bond acceptors (Lipinski definition) is 7. The van der Waals surface area contributed by atoms with Crippen molar-refractivity contribution < 1.29 is 61.6 Å². The standard InChI is InChI=1S/C34H54O7S.Na/c1-3-5-7-9-11-13-15-17-19-21-23-28-40-33(35)30-26-25-27-31(42(37,38)39)32(30)34(36)41-29-24-22-20-18-16-14-12-10-8-6-4-2;/h17-20,25-27H,3-16,21-24,28-29H2,1-2H3,(H,37,38,39);/q;+1/p-1/b19-17+,20-18+;. The SMILES string of the molecule is CCCCCCCC/C=C/CCCOC(=O)c1cccc(S(=O)(=O)[O-])c1C(=O)OCCC/C=C/CCCCCCCC.[Na+]. The third-order valence-corrected chi connectivity index (χ3v) is 7.88. The van der Waals surface area contributed by atoms with Crippen molar-refractivity contribution in [2.45, 2.75) is 134 Å². The molecule has 238 valence electrons. The molecule has 0 N–H and O–H groups in total. The number of benzene rings is 1. The first kappa shape index (κ1) is 41.5. The Morgan fingerprint density at radius 2 is 1.07 bits per heavy atom. The minimum absolute atomic E-state index is 0. The van der Waals surface area contributed by atoms with Gasteiger partial charge in [-0.05, 0) is 63.5 Å². The number of carbonyl (C=O) groups is 2. The summed E-state index contributed by atoms with van der Waals surface area (Å²) in [5.41, 5.74) is -0.843. The van der Waals surface area contributed by atoms with Crippen molar-refractivity contribution in [2.24, 2.45) is 0 Å². The number of rotatable bonds is 25. The summed E-state index contributed by atoms with van der Waals surface area (Å²) in [6, 6.07) is 3.53. The van der Waals surface area contributed by atoms with Crippen LogP contribution in [-0.2, 0) is 19.6 Å². The van der Waals surface area contributed by atoms with E-state index in [0.717, 1.165) is 31.7 Å². The van der Waals surface area contributed by atoms with Crippen molar-refractivity contribution >= 4 is 22.1 Å². The van der Waals surface area contributed by atoms with Gasteiger partial charge in [0, 0.05) is 0 Å². The van der Waals surface area contributed by atoms with Crippen LogP contribution in [-0.4, -0.2) is 38.1 Å². The Morgan fingerprint density at radius 3 is 1.53 bits per heavy atom. The van der Waals surface area contributed by atoms with E-state index >= 15 is 0 Å². The van der Waals surface area contributed by atoms with Gasteiger partial charge in [-0.15, -0.1) is 0 Å². The van der Waals surface area contributed by atoms with Crippen LogP contribution in [0.1, 0.15) is 150 Å². The van der Waals surface area contributed by atoms with Crippen molar-refractivity contribution in [2.75, 3.05) is 13.2 Å². The van der Waals surface area contributed by atoms with Crippen LogP contribution >= 0.6 is 0 Å². The van der Waals surface area contributed by atoms with Crippen LogP contribution < -0.4 is 29.6 Å². The van der Waals surface area contributed by atoms with E-state index in [0.29, 0.717) is 19.3 Å². The van der Waals surface area contributed by atoms with Gasteiger partial charge in [0.2, 0.25) is 0 Å². The van der Waals surface area contributed by atoms with Gasteiger partial charge in [-0.2, -0.15) is 0 Å². The van der Waals surface area contributed by atoms with Crippen LogP contribution in [0.25, 0.3) is 0 Å². The normalized spacial score (nSPS) is 11.6. The van der Waals surface area contributed by atoms with E-state index in [1.807, 2.05) is 6.08 Å². The fourth-order valence-electron chi connectivity index (χ4n) is 4.56. The summed E-state index contributed by atoms with van der Waals surface area (Å²) in [6.07, 6.45) is 28.0. The quantitative estimate of drug-likeness (QED) is 0.0424. The van der Waals surface area contributed by atoms with Gasteiger partial charge in [-0.1, -0.05) is 108 Å². The average molecular weight is 629 g/mol. The molecule has 1 rings (SSSR count). The number of unbranched alkanes of at least 4 members (excludes halogenated alkanes) is 14. The molecule has 7 nitrogen and oxygen atoms in total. The van der Waals surface area contributed by atoms with Gasteiger partial charge in [0.05, 0.1) is 29.2 Å². The van der Waals surface area contributed by atoms with Gasteiger partial charge in [-0.3, -0.25) is 0 Å². The molecular formula is C34H53NaO7S. The van der Waals surface area contributed by atoms with E-state index in [4.69, 9.17) is 9.47 Å². The second-order valence-electron chi connectivity index (χ2n) is 10.7. The van der Waals surface area contributed by atoms with E-state index in [-0.39, 0.29) is 48.3 Å². The topological polar surface area (TPSA) is 110 Å². The zero-order valence-corrected chi connectivity index (χ0v) is 29.8. The van der Waals surface area contributed by atoms with E-state index in [2.05, 4.69) is 32.1 Å². The minimum Gasteiger partial charge on any atom is -0.744 e. The number of esters is 2. The number of hydrogen-bond donors (Lipinski definition) is 0. The Hall–Kier alpha value is -1.45. The molecule has 0 aliphatic carbocycles. The fourth-order valence-corrected chi connectivity index (χ4v) is 5.25. The summed E-state index contributed by atoms with van der Waals surface area (Å²) in [6.45, 7) is 4.55. The molecule has 1 aromatic rings. The molecular weight excluding hydrogens is 575 g/mol. The summed E-state index contributed by atoms with van der Waals surface area (Å²) in [5, 5.41) is 0. The number of ether oxygens (including phenoxy) is 2. The van der Waals surface area contributed by atoms with Crippen molar-refractivity contribution in [3.63, 3.8) is 0 Å². The Morgan fingerprint density at radius 1 is 0.651 bits per heavy atom. The van der Waals surface area contributed by atoms with Crippen molar-refractivity contribution in [1.82, 2.24) is 0 Å². The second-order valence-corrected chi connectivity index (χ2v) is 12.1. The van der Waals surface area contributed by atoms with Gasteiger partial charge in [-0.25, -0.2) is 18.0 Å². The molecule has 0 unspecified atom stereocenters. The third kappa shape index (κ3) is 20.3. The van der Waals surface area contributed by atoms with Gasteiger partial charge in [0.25, 0.3) is 0 Å². The molecule has 0 radical (unpaired) electrons. The number of carbonyl (C=O) groups excluding carboxylic acids is 2. The Kier molecular flexibility index (Phi) is 26.0. The van der Waals surface area contributed by atoms with E-state index in [9.17, 15) is 22.6 Å². The average Bonchev–Trinajstić information content (AvgIpc) is 2.97. The first-order valence-corrected chi connectivity index (χ1v) is 17.5. The molecule has 0 heterocycles. The molecule has 0 atom stereocenters. The van der Waals surface area contributed by atoms with Gasteiger partial charge in [0.1, 0.15) is 10.1 Å². The summed E-state index contributed by atoms with van der Waals surface area (Å²) >= 11 is 0. The van der Waals surface area contributed by atoms with E-state index in [1.54, 1.807) is 0 Å². The Bertz CT molecular complexity index is 1050. The molecule has 0 saturated carbocycles. The molecule has 0 fully saturated rings. The van der Waals surface area contributed by atoms with Crippen LogP contribution in [0.15, 0.2) is 47.4 Å². The van der Waals surface area contributed by atoms with Crippen molar-refractivity contribution in [3.8, 4) is 0 Å². The summed E-state index contributed by atoms with van der Waals surface area (Å²) in [4.78, 5) is 24.8. The molecule has 1 aromatic carbocycles. The first-order valence-electron chi connectivity index (χ1n) is 16.1. The molecule has 0 aliphatic rings. The maximum absolute atomic E-state index is 12.8. The van der Waals surface area contributed by atoms with Crippen LogP contribution in [0.3, 0.4) is 0 Å². The molecule has 0 amide bonds. The molecule has 0 saturated heterocycles. The third-order valence-electron chi connectivity index (χ3n) is 7.00. The second kappa shape index (κ2) is 26.9.